The van der Waals surface area contributed by atoms with Crippen LogP contribution in [0.25, 0.3) is 0 Å². The van der Waals surface area contributed by atoms with Crippen LogP contribution in [0.1, 0.15) is 0 Å². The van der Waals surface area contributed by atoms with E-state index in [1.807, 2.05) is 12.1 Å². The van der Waals surface area contributed by atoms with E-state index in [0.717, 1.165) is 31.9 Å². The van der Waals surface area contributed by atoms with Gasteiger partial charge in [0.1, 0.15) is 5.75 Å². The molecule has 0 saturated carbocycles. The number of nitrogens with zero attached hydrogens (tertiary/aromatic N) is 1. The molecule has 0 bridgehead atoms. The molecule has 0 aliphatic carbocycles. The zero-order valence-corrected chi connectivity index (χ0v) is 8.42. The summed E-state index contributed by atoms with van der Waals surface area (Å²) in [6.07, 6.45) is 0. The number of ether oxygens (including phenoxy) is 1. The lowest BCUT2D eigenvalue weighted by Crippen LogP contribution is -2.43. The molecule has 0 spiro atoms. The fraction of sp³-hybridized carbons (Fsp3) is 0.455. The minimum absolute atomic E-state index is 0.807. The van der Waals surface area contributed by atoms with Gasteiger partial charge in [0.25, 0.3) is 0 Å². The molecule has 1 aliphatic heterocycles. The summed E-state index contributed by atoms with van der Waals surface area (Å²) in [5.41, 5.74) is 1.22. The van der Waals surface area contributed by atoms with E-state index in [1.165, 1.54) is 5.69 Å². The molecule has 3 nitrogen and oxygen atoms in total. The molecule has 14 heavy (non-hydrogen) atoms. The van der Waals surface area contributed by atoms with Crippen molar-refractivity contribution in [2.45, 2.75) is 0 Å². The van der Waals surface area contributed by atoms with Crippen LogP contribution >= 0.6 is 0 Å². The molecule has 75 valence electrons. The molecule has 2 rings (SSSR count). The predicted molar refractivity (Wildman–Crippen MR) is 56.9 cm³/mol. The molecule has 1 aromatic rings. The van der Waals surface area contributed by atoms with Crippen LogP contribution in [0.2, 0.25) is 0 Å². The third-order valence-electron chi connectivity index (χ3n) is 2.46. The lowest BCUT2D eigenvalue weighted by atomic mass is 10.2. The van der Waals surface area contributed by atoms with Gasteiger partial charge in [0.2, 0.25) is 0 Å². The fourth-order valence-corrected chi connectivity index (χ4v) is 1.67. The maximum atomic E-state index is 5.15. The normalized spacial score (nSPS) is 16.8. The van der Waals surface area contributed by atoms with Crippen molar-refractivity contribution in [1.29, 1.82) is 0 Å². The number of hydrogen-bond donors (Lipinski definition) is 1. The molecule has 1 radical (unpaired) electrons. The van der Waals surface area contributed by atoms with Crippen molar-refractivity contribution in [2.75, 3.05) is 38.2 Å². The first-order valence-electron chi connectivity index (χ1n) is 4.91. The van der Waals surface area contributed by atoms with Crippen LogP contribution in [0, 0.1) is 6.07 Å². The van der Waals surface area contributed by atoms with Crippen molar-refractivity contribution < 1.29 is 4.74 Å². The highest BCUT2D eigenvalue weighted by Gasteiger charge is 2.10. The summed E-state index contributed by atoms with van der Waals surface area (Å²) in [4.78, 5) is 2.35. The molecule has 1 aliphatic rings. The van der Waals surface area contributed by atoms with Crippen LogP contribution in [0.5, 0.6) is 5.75 Å². The molecule has 1 N–H and O–H groups in total. The second-order valence-corrected chi connectivity index (χ2v) is 3.35. The van der Waals surface area contributed by atoms with Gasteiger partial charge in [-0.3, -0.25) is 0 Å². The Morgan fingerprint density at radius 1 is 1.43 bits per heavy atom. The van der Waals surface area contributed by atoms with Crippen LogP contribution in [-0.4, -0.2) is 33.3 Å². The average molecular weight is 191 g/mol. The molecule has 1 fully saturated rings. The van der Waals surface area contributed by atoms with Gasteiger partial charge in [0.05, 0.1) is 7.11 Å². The van der Waals surface area contributed by atoms with Crippen LogP contribution in [0.15, 0.2) is 18.2 Å². The van der Waals surface area contributed by atoms with Crippen molar-refractivity contribution in [3.63, 3.8) is 0 Å². The number of methoxy groups -OCH3 is 1. The minimum Gasteiger partial charge on any atom is -0.496 e. The lowest BCUT2D eigenvalue weighted by Gasteiger charge is -2.29. The smallest absolute Gasteiger partial charge is 0.128 e. The molecule has 3 heteroatoms. The Hall–Kier alpha value is -1.22. The molecule has 1 saturated heterocycles. The monoisotopic (exact) mass is 191 g/mol. The molecule has 0 atom stereocenters. The summed E-state index contributed by atoms with van der Waals surface area (Å²) < 4.78 is 5.15. The topological polar surface area (TPSA) is 24.5 Å². The quantitative estimate of drug-likeness (QED) is 0.752. The van der Waals surface area contributed by atoms with Gasteiger partial charge in [-0.1, -0.05) is 0 Å². The summed E-state index contributed by atoms with van der Waals surface area (Å²) in [5.74, 6) is 0.807. The van der Waals surface area contributed by atoms with Crippen molar-refractivity contribution in [2.24, 2.45) is 0 Å². The van der Waals surface area contributed by atoms with E-state index in [9.17, 15) is 0 Å². The second-order valence-electron chi connectivity index (χ2n) is 3.35. The summed E-state index contributed by atoms with van der Waals surface area (Å²) in [5, 5.41) is 3.33. The Bertz CT molecular complexity index is 295. The van der Waals surface area contributed by atoms with E-state index in [-0.39, 0.29) is 0 Å². The second kappa shape index (κ2) is 4.33. The van der Waals surface area contributed by atoms with Crippen LogP contribution < -0.4 is 15.0 Å². The SMILES string of the molecule is COc1[c]ccc(N2CCNCC2)c1. The number of hydrogen-bond acceptors (Lipinski definition) is 3. The molecule has 1 aromatic carbocycles. The number of piperazine rings is 1. The first kappa shape index (κ1) is 9.34. The van der Waals surface area contributed by atoms with Crippen molar-refractivity contribution >= 4 is 5.69 Å². The Morgan fingerprint density at radius 3 is 2.93 bits per heavy atom. The molecular weight excluding hydrogens is 176 g/mol. The zero-order chi connectivity index (χ0) is 9.80. The van der Waals surface area contributed by atoms with Gasteiger partial charge in [0.15, 0.2) is 0 Å². The van der Waals surface area contributed by atoms with E-state index < -0.39 is 0 Å². The highest BCUT2D eigenvalue weighted by atomic mass is 16.5. The van der Waals surface area contributed by atoms with Gasteiger partial charge < -0.3 is 15.0 Å². The van der Waals surface area contributed by atoms with E-state index in [1.54, 1.807) is 7.11 Å². The summed E-state index contributed by atoms with van der Waals surface area (Å²) in [7, 11) is 1.67. The number of nitrogens with one attached hydrogen (secondary N) is 1. The van der Waals surface area contributed by atoms with E-state index >= 15 is 0 Å². The third-order valence-corrected chi connectivity index (χ3v) is 2.46. The van der Waals surface area contributed by atoms with Crippen LogP contribution in [0.4, 0.5) is 5.69 Å². The molecular formula is C11H15N2O. The van der Waals surface area contributed by atoms with Gasteiger partial charge in [-0.15, -0.1) is 0 Å². The average Bonchev–Trinajstić information content (AvgIpc) is 2.30. The van der Waals surface area contributed by atoms with Crippen LogP contribution in [-0.2, 0) is 0 Å². The van der Waals surface area contributed by atoms with Gasteiger partial charge in [-0.2, -0.15) is 0 Å². The Balaban J connectivity index is 2.13. The third kappa shape index (κ3) is 1.99. The first-order chi connectivity index (χ1) is 6.90. The number of anilines is 1. The van der Waals surface area contributed by atoms with Gasteiger partial charge in [-0.05, 0) is 12.1 Å². The maximum absolute atomic E-state index is 5.15. The summed E-state index contributed by atoms with van der Waals surface area (Å²) in [6.45, 7) is 4.24. The highest BCUT2D eigenvalue weighted by molar-refractivity contribution is 5.50. The maximum Gasteiger partial charge on any atom is 0.128 e. The van der Waals surface area contributed by atoms with Crippen molar-refractivity contribution in [3.05, 3.63) is 24.3 Å². The van der Waals surface area contributed by atoms with Crippen molar-refractivity contribution in [1.82, 2.24) is 5.32 Å². The fourth-order valence-electron chi connectivity index (χ4n) is 1.67. The van der Waals surface area contributed by atoms with Gasteiger partial charge in [0, 0.05) is 44.0 Å². The Morgan fingerprint density at radius 2 is 2.21 bits per heavy atom. The Labute approximate surface area is 84.7 Å². The van der Waals surface area contributed by atoms with Gasteiger partial charge >= 0.3 is 0 Å². The summed E-state index contributed by atoms with van der Waals surface area (Å²) in [6, 6.07) is 9.06. The Kier molecular flexibility index (Phi) is 2.89. The highest BCUT2D eigenvalue weighted by Crippen LogP contribution is 2.20. The lowest BCUT2D eigenvalue weighted by molar-refractivity contribution is 0.413. The molecule has 0 amide bonds. The molecule has 0 unspecified atom stereocenters. The molecule has 1 heterocycles. The summed E-state index contributed by atoms with van der Waals surface area (Å²) >= 11 is 0. The largest absolute Gasteiger partial charge is 0.496 e. The first-order valence-corrected chi connectivity index (χ1v) is 4.91. The standard InChI is InChI=1S/C11H15N2O/c1-14-11-4-2-3-10(9-11)13-7-5-12-6-8-13/h2-3,9,12H,5-8H2,1H3. The minimum atomic E-state index is 0.807. The zero-order valence-electron chi connectivity index (χ0n) is 8.42. The number of rotatable bonds is 2. The predicted octanol–water partition coefficient (Wildman–Crippen LogP) is 0.905. The molecule has 0 aromatic heterocycles. The van der Waals surface area contributed by atoms with E-state index in [2.05, 4.69) is 22.3 Å². The van der Waals surface area contributed by atoms with E-state index in [0.29, 0.717) is 0 Å². The van der Waals surface area contributed by atoms with Crippen molar-refractivity contribution in [3.8, 4) is 5.75 Å². The van der Waals surface area contributed by atoms with Gasteiger partial charge in [-0.25, -0.2) is 0 Å². The van der Waals surface area contributed by atoms with E-state index in [4.69, 9.17) is 4.74 Å². The number of benzene rings is 1. The van der Waals surface area contributed by atoms with Crippen LogP contribution in [0.3, 0.4) is 0 Å².